The third-order valence-electron chi connectivity index (χ3n) is 4.34. The molecule has 0 saturated heterocycles. The molecular formula is C18H18N6O6S. The topological polar surface area (TPSA) is 153 Å². The van der Waals surface area contributed by atoms with Crippen LogP contribution in [0.1, 0.15) is 0 Å². The molecule has 0 bridgehead atoms. The zero-order valence-corrected chi connectivity index (χ0v) is 17.5. The van der Waals surface area contributed by atoms with Crippen LogP contribution in [0.5, 0.6) is 17.2 Å². The summed E-state index contributed by atoms with van der Waals surface area (Å²) in [5, 5.41) is 13.7. The van der Waals surface area contributed by atoms with Crippen LogP contribution in [0.25, 0.3) is 11.0 Å². The molecule has 2 heterocycles. The molecule has 0 atom stereocenters. The third kappa shape index (κ3) is 3.77. The van der Waals surface area contributed by atoms with Crippen molar-refractivity contribution in [2.24, 2.45) is 0 Å². The largest absolute Gasteiger partial charge is 0.495 e. The molecule has 0 amide bonds. The molecule has 0 aliphatic carbocycles. The van der Waals surface area contributed by atoms with Crippen LogP contribution >= 0.6 is 0 Å². The Hall–Kier alpha value is -4.00. The van der Waals surface area contributed by atoms with E-state index in [9.17, 15) is 8.42 Å². The summed E-state index contributed by atoms with van der Waals surface area (Å²) in [5.41, 5.74) is 0.830. The number of ether oxygens (including phenoxy) is 3. The minimum absolute atomic E-state index is 0.0209. The molecule has 4 aromatic rings. The highest BCUT2D eigenvalue weighted by Gasteiger charge is 2.27. The van der Waals surface area contributed by atoms with Crippen molar-refractivity contribution in [2.75, 3.05) is 31.4 Å². The molecule has 12 nitrogen and oxygen atoms in total. The van der Waals surface area contributed by atoms with E-state index >= 15 is 0 Å². The van der Waals surface area contributed by atoms with Gasteiger partial charge in [-0.3, -0.25) is 4.72 Å². The molecule has 0 saturated carbocycles. The number of aromatic nitrogens is 4. The monoisotopic (exact) mass is 446 g/mol. The summed E-state index contributed by atoms with van der Waals surface area (Å²) in [5.74, 6) is 1.02. The van der Waals surface area contributed by atoms with Gasteiger partial charge in [0.25, 0.3) is 10.0 Å². The Balaban J connectivity index is 1.74. The summed E-state index contributed by atoms with van der Waals surface area (Å²) < 4.78 is 49.8. The van der Waals surface area contributed by atoms with Crippen molar-refractivity contribution < 1.29 is 27.2 Å². The number of nitrogens with one attached hydrogen (secondary N) is 3. The molecule has 13 heteroatoms. The first-order valence-electron chi connectivity index (χ1n) is 8.80. The first kappa shape index (κ1) is 20.3. The molecule has 2 aromatic carbocycles. The van der Waals surface area contributed by atoms with Crippen LogP contribution in [-0.4, -0.2) is 50.1 Å². The number of anilines is 3. The number of aromatic amines is 1. The van der Waals surface area contributed by atoms with Gasteiger partial charge in [0.1, 0.15) is 23.6 Å². The van der Waals surface area contributed by atoms with Crippen molar-refractivity contribution in [1.29, 1.82) is 0 Å². The highest BCUT2D eigenvalue weighted by molar-refractivity contribution is 7.93. The Morgan fingerprint density at radius 2 is 1.74 bits per heavy atom. The van der Waals surface area contributed by atoms with E-state index in [4.69, 9.17) is 18.7 Å². The lowest BCUT2D eigenvalue weighted by Crippen LogP contribution is -2.15. The number of methoxy groups -OCH3 is 3. The molecule has 0 aliphatic rings. The van der Waals surface area contributed by atoms with Gasteiger partial charge < -0.3 is 24.1 Å². The SMILES string of the molecule is COc1cc2c(NS(=O)(=O)c3c(OC)cccc3OC)noc2cc1Nc1ncn[nH]1. The van der Waals surface area contributed by atoms with E-state index in [-0.39, 0.29) is 22.2 Å². The highest BCUT2D eigenvalue weighted by Crippen LogP contribution is 2.38. The van der Waals surface area contributed by atoms with Gasteiger partial charge in [0.05, 0.1) is 32.4 Å². The smallest absolute Gasteiger partial charge is 0.270 e. The van der Waals surface area contributed by atoms with Crippen LogP contribution in [0.3, 0.4) is 0 Å². The Morgan fingerprint density at radius 3 is 2.35 bits per heavy atom. The van der Waals surface area contributed by atoms with E-state index < -0.39 is 10.0 Å². The van der Waals surface area contributed by atoms with Crippen LogP contribution in [0.15, 0.2) is 46.1 Å². The van der Waals surface area contributed by atoms with Crippen molar-refractivity contribution in [3.05, 3.63) is 36.7 Å². The van der Waals surface area contributed by atoms with E-state index in [1.54, 1.807) is 18.2 Å². The van der Waals surface area contributed by atoms with Crippen LogP contribution in [-0.2, 0) is 10.0 Å². The maximum absolute atomic E-state index is 13.1. The lowest BCUT2D eigenvalue weighted by atomic mass is 10.2. The van der Waals surface area contributed by atoms with E-state index in [1.165, 1.54) is 39.8 Å². The van der Waals surface area contributed by atoms with E-state index in [1.807, 2.05) is 0 Å². The van der Waals surface area contributed by atoms with Crippen molar-refractivity contribution in [2.45, 2.75) is 4.90 Å². The average molecular weight is 446 g/mol. The summed E-state index contributed by atoms with van der Waals surface area (Å²) in [6, 6.07) is 7.84. The van der Waals surface area contributed by atoms with Crippen molar-refractivity contribution >= 4 is 38.4 Å². The fourth-order valence-corrected chi connectivity index (χ4v) is 4.29. The maximum atomic E-state index is 13.1. The van der Waals surface area contributed by atoms with Gasteiger partial charge in [-0.15, -0.1) is 0 Å². The fraction of sp³-hybridized carbons (Fsp3) is 0.167. The standard InChI is InChI=1S/C18H18N6O6S/c1-27-12-5-4-6-13(28-2)16(12)31(25,26)24-17-10-7-15(29-3)11(8-14(10)30-23-17)21-18-19-9-20-22-18/h4-9H,1-3H3,(H,23,24)(H2,19,20,21,22). The summed E-state index contributed by atoms with van der Waals surface area (Å²) in [6.07, 6.45) is 1.35. The molecule has 0 fully saturated rings. The molecule has 31 heavy (non-hydrogen) atoms. The number of benzene rings is 2. The van der Waals surface area contributed by atoms with Gasteiger partial charge in [-0.05, 0) is 18.2 Å². The summed E-state index contributed by atoms with van der Waals surface area (Å²) >= 11 is 0. The summed E-state index contributed by atoms with van der Waals surface area (Å²) in [7, 11) is 0.0794. The predicted molar refractivity (Wildman–Crippen MR) is 111 cm³/mol. The quantitative estimate of drug-likeness (QED) is 0.368. The van der Waals surface area contributed by atoms with Crippen LogP contribution in [0.2, 0.25) is 0 Å². The average Bonchev–Trinajstić information content (AvgIpc) is 3.42. The minimum Gasteiger partial charge on any atom is -0.495 e. The number of fused-ring (bicyclic) bond motifs is 1. The van der Waals surface area contributed by atoms with Crippen LogP contribution in [0, 0.1) is 0 Å². The second-order valence-corrected chi connectivity index (χ2v) is 7.76. The first-order valence-corrected chi connectivity index (χ1v) is 10.3. The van der Waals surface area contributed by atoms with Gasteiger partial charge in [0.15, 0.2) is 16.3 Å². The number of hydrogen-bond acceptors (Lipinski definition) is 10. The highest BCUT2D eigenvalue weighted by atomic mass is 32.2. The number of nitrogens with zero attached hydrogens (tertiary/aromatic N) is 3. The number of rotatable bonds is 8. The number of H-pyrrole nitrogens is 1. The van der Waals surface area contributed by atoms with Gasteiger partial charge >= 0.3 is 0 Å². The van der Waals surface area contributed by atoms with Crippen molar-refractivity contribution in [1.82, 2.24) is 20.3 Å². The predicted octanol–water partition coefficient (Wildman–Crippen LogP) is 2.52. The summed E-state index contributed by atoms with van der Waals surface area (Å²) in [6.45, 7) is 0. The molecule has 4 rings (SSSR count). The number of sulfonamides is 1. The zero-order valence-electron chi connectivity index (χ0n) is 16.7. The minimum atomic E-state index is -4.13. The van der Waals surface area contributed by atoms with E-state index in [2.05, 4.69) is 30.4 Å². The van der Waals surface area contributed by atoms with Gasteiger partial charge in [0, 0.05) is 6.07 Å². The third-order valence-corrected chi connectivity index (χ3v) is 5.74. The van der Waals surface area contributed by atoms with Crippen molar-refractivity contribution in [3.63, 3.8) is 0 Å². The van der Waals surface area contributed by atoms with Gasteiger partial charge in [0.2, 0.25) is 5.95 Å². The summed E-state index contributed by atoms with van der Waals surface area (Å²) in [4.78, 5) is 3.83. The first-order chi connectivity index (χ1) is 15.0. The fourth-order valence-electron chi connectivity index (χ4n) is 2.96. The molecule has 0 radical (unpaired) electrons. The Kier molecular flexibility index (Phi) is 5.25. The lowest BCUT2D eigenvalue weighted by Gasteiger charge is -2.13. The van der Waals surface area contributed by atoms with Gasteiger partial charge in [-0.2, -0.15) is 10.1 Å². The Labute approximate surface area is 176 Å². The molecule has 0 unspecified atom stereocenters. The van der Waals surface area contributed by atoms with Crippen molar-refractivity contribution in [3.8, 4) is 17.2 Å². The zero-order chi connectivity index (χ0) is 22.0. The molecule has 3 N–H and O–H groups in total. The molecule has 0 aliphatic heterocycles. The van der Waals surface area contributed by atoms with Crippen LogP contribution < -0.4 is 24.2 Å². The second kappa shape index (κ2) is 8.02. The molecule has 162 valence electrons. The number of hydrogen-bond donors (Lipinski definition) is 3. The normalized spacial score (nSPS) is 11.3. The van der Waals surface area contributed by atoms with Crippen LogP contribution in [0.4, 0.5) is 17.5 Å². The Bertz CT molecular complexity index is 1300. The lowest BCUT2D eigenvalue weighted by molar-refractivity contribution is 0.373. The molecule has 0 spiro atoms. The van der Waals surface area contributed by atoms with Gasteiger partial charge in [-0.1, -0.05) is 11.2 Å². The molecule has 2 aromatic heterocycles. The van der Waals surface area contributed by atoms with E-state index in [0.29, 0.717) is 28.4 Å². The molecular weight excluding hydrogens is 428 g/mol. The van der Waals surface area contributed by atoms with E-state index in [0.717, 1.165) is 0 Å². The van der Waals surface area contributed by atoms with Gasteiger partial charge in [-0.25, -0.2) is 13.5 Å². The maximum Gasteiger partial charge on any atom is 0.270 e. The second-order valence-electron chi connectivity index (χ2n) is 6.14. The Morgan fingerprint density at radius 1 is 1.03 bits per heavy atom.